The van der Waals surface area contributed by atoms with Crippen molar-refractivity contribution in [1.29, 1.82) is 0 Å². The quantitative estimate of drug-likeness (QED) is 0.799. The molecule has 0 bridgehead atoms. The van der Waals surface area contributed by atoms with Crippen LogP contribution >= 0.6 is 0 Å². The lowest BCUT2D eigenvalue weighted by atomic mass is 10.2. The summed E-state index contributed by atoms with van der Waals surface area (Å²) in [6.45, 7) is 0.954. The van der Waals surface area contributed by atoms with Crippen molar-refractivity contribution in [3.8, 4) is 0 Å². The molecule has 1 N–H and O–H groups in total. The third-order valence-corrected chi connectivity index (χ3v) is 3.01. The van der Waals surface area contributed by atoms with Crippen LogP contribution in [0, 0.1) is 0 Å². The normalized spacial score (nSPS) is 22.9. The maximum atomic E-state index is 10.7. The molecule has 2 rings (SSSR count). The van der Waals surface area contributed by atoms with Crippen LogP contribution in [0.3, 0.4) is 0 Å². The van der Waals surface area contributed by atoms with Gasteiger partial charge in [0.2, 0.25) is 0 Å². The van der Waals surface area contributed by atoms with E-state index in [0.717, 1.165) is 12.0 Å². The summed E-state index contributed by atoms with van der Waals surface area (Å²) in [5.74, 6) is -0.883. The maximum absolute atomic E-state index is 10.7. The van der Waals surface area contributed by atoms with Gasteiger partial charge >= 0.3 is 5.97 Å². The van der Waals surface area contributed by atoms with Gasteiger partial charge in [0, 0.05) is 0 Å². The van der Waals surface area contributed by atoms with Gasteiger partial charge in [-0.2, -0.15) is 0 Å². The van der Waals surface area contributed by atoms with Crippen LogP contribution in [-0.2, 0) is 14.3 Å². The molecule has 0 radical (unpaired) electrons. The number of carbonyl (C=O) groups is 1. The van der Waals surface area contributed by atoms with Crippen LogP contribution in [0.2, 0.25) is 0 Å². The highest BCUT2D eigenvalue weighted by Crippen LogP contribution is 2.19. The Morgan fingerprint density at radius 2 is 2.16 bits per heavy atom. The van der Waals surface area contributed by atoms with Crippen LogP contribution in [0.4, 0.5) is 0 Å². The molecular weight excluding hydrogens is 244 g/mol. The molecule has 0 saturated carbocycles. The summed E-state index contributed by atoms with van der Waals surface area (Å²) in [7, 11) is 0. The van der Waals surface area contributed by atoms with Crippen LogP contribution in [0.1, 0.15) is 18.4 Å². The Morgan fingerprint density at radius 1 is 1.37 bits per heavy atom. The molecule has 1 aliphatic rings. The van der Waals surface area contributed by atoms with Crippen molar-refractivity contribution in [3.63, 3.8) is 0 Å². The second kappa shape index (κ2) is 7.07. The predicted molar refractivity (Wildman–Crippen MR) is 71.8 cm³/mol. The van der Waals surface area contributed by atoms with Gasteiger partial charge in [-0.3, -0.25) is 0 Å². The summed E-state index contributed by atoms with van der Waals surface area (Å²) in [6.07, 6.45) is 4.51. The second-order valence-corrected chi connectivity index (χ2v) is 4.51. The van der Waals surface area contributed by atoms with Crippen molar-refractivity contribution in [2.45, 2.75) is 25.0 Å². The lowest BCUT2D eigenvalue weighted by Crippen LogP contribution is -2.22. The SMILES string of the molecule is O=C(O)C1CCC(COCC=Cc2ccccc2)O1. The average molecular weight is 262 g/mol. The van der Waals surface area contributed by atoms with Crippen LogP contribution in [0.15, 0.2) is 36.4 Å². The van der Waals surface area contributed by atoms with Crippen molar-refractivity contribution in [2.24, 2.45) is 0 Å². The number of ether oxygens (including phenoxy) is 2. The molecule has 0 amide bonds. The van der Waals surface area contributed by atoms with Crippen LogP contribution in [0.25, 0.3) is 6.08 Å². The molecule has 1 saturated heterocycles. The minimum Gasteiger partial charge on any atom is -0.479 e. The van der Waals surface area contributed by atoms with Gasteiger partial charge in [-0.1, -0.05) is 42.5 Å². The van der Waals surface area contributed by atoms with E-state index in [9.17, 15) is 4.79 Å². The Bertz CT molecular complexity index is 427. The van der Waals surface area contributed by atoms with Crippen molar-refractivity contribution in [1.82, 2.24) is 0 Å². The fourth-order valence-corrected chi connectivity index (χ4v) is 2.03. The van der Waals surface area contributed by atoms with Gasteiger partial charge in [-0.05, 0) is 18.4 Å². The number of aliphatic carboxylic acids is 1. The van der Waals surface area contributed by atoms with E-state index in [1.807, 2.05) is 42.5 Å². The molecule has 19 heavy (non-hydrogen) atoms. The number of hydrogen-bond donors (Lipinski definition) is 1. The Labute approximate surface area is 112 Å². The molecular formula is C15H18O4. The summed E-state index contributed by atoms with van der Waals surface area (Å²) in [6, 6.07) is 9.99. The minimum absolute atomic E-state index is 0.0915. The third-order valence-electron chi connectivity index (χ3n) is 3.01. The number of carboxylic acid groups (broad SMARTS) is 1. The van der Waals surface area contributed by atoms with E-state index >= 15 is 0 Å². The summed E-state index contributed by atoms with van der Waals surface area (Å²) < 4.78 is 10.8. The molecule has 1 aliphatic heterocycles. The Morgan fingerprint density at radius 3 is 2.84 bits per heavy atom. The van der Waals surface area contributed by atoms with Crippen molar-refractivity contribution in [2.75, 3.05) is 13.2 Å². The van der Waals surface area contributed by atoms with Crippen molar-refractivity contribution >= 4 is 12.0 Å². The molecule has 1 heterocycles. The number of hydrogen-bond acceptors (Lipinski definition) is 3. The summed E-state index contributed by atoms with van der Waals surface area (Å²) in [5.41, 5.74) is 1.13. The first kappa shape index (κ1) is 13.8. The van der Waals surface area contributed by atoms with Gasteiger partial charge in [0.15, 0.2) is 6.10 Å². The zero-order chi connectivity index (χ0) is 13.5. The van der Waals surface area contributed by atoms with Gasteiger partial charge < -0.3 is 14.6 Å². The number of carboxylic acids is 1. The van der Waals surface area contributed by atoms with E-state index in [4.69, 9.17) is 14.6 Å². The number of rotatable bonds is 6. The van der Waals surface area contributed by atoms with Crippen LogP contribution in [0.5, 0.6) is 0 Å². The summed E-state index contributed by atoms with van der Waals surface area (Å²) in [4.78, 5) is 10.7. The molecule has 2 atom stereocenters. The minimum atomic E-state index is -0.883. The van der Waals surface area contributed by atoms with E-state index in [1.165, 1.54) is 0 Å². The lowest BCUT2D eigenvalue weighted by Gasteiger charge is -2.10. The smallest absolute Gasteiger partial charge is 0.332 e. The molecule has 0 spiro atoms. The highest BCUT2D eigenvalue weighted by molar-refractivity contribution is 5.72. The monoisotopic (exact) mass is 262 g/mol. The van der Waals surface area contributed by atoms with Crippen molar-refractivity contribution in [3.05, 3.63) is 42.0 Å². The first-order valence-electron chi connectivity index (χ1n) is 6.43. The maximum Gasteiger partial charge on any atom is 0.332 e. The molecule has 0 aliphatic carbocycles. The zero-order valence-corrected chi connectivity index (χ0v) is 10.7. The zero-order valence-electron chi connectivity index (χ0n) is 10.7. The molecule has 1 aromatic carbocycles. The fraction of sp³-hybridized carbons (Fsp3) is 0.400. The topological polar surface area (TPSA) is 55.8 Å². The second-order valence-electron chi connectivity index (χ2n) is 4.51. The molecule has 1 fully saturated rings. The largest absolute Gasteiger partial charge is 0.479 e. The van der Waals surface area contributed by atoms with E-state index < -0.39 is 12.1 Å². The standard InChI is InChI=1S/C15H18O4/c16-15(17)14-9-8-13(19-14)11-18-10-4-7-12-5-2-1-3-6-12/h1-7,13-14H,8-11H2,(H,16,17). The molecule has 0 aromatic heterocycles. The fourth-order valence-electron chi connectivity index (χ4n) is 2.03. The first-order valence-corrected chi connectivity index (χ1v) is 6.43. The third kappa shape index (κ3) is 4.50. The molecule has 2 unspecified atom stereocenters. The number of benzene rings is 1. The lowest BCUT2D eigenvalue weighted by molar-refractivity contribution is -0.150. The Balaban J connectivity index is 1.63. The van der Waals surface area contributed by atoms with E-state index in [0.29, 0.717) is 19.6 Å². The molecule has 102 valence electrons. The highest BCUT2D eigenvalue weighted by Gasteiger charge is 2.30. The Hall–Kier alpha value is -1.65. The van der Waals surface area contributed by atoms with E-state index in [1.54, 1.807) is 0 Å². The van der Waals surface area contributed by atoms with Crippen LogP contribution in [-0.4, -0.2) is 36.5 Å². The first-order chi connectivity index (χ1) is 9.25. The van der Waals surface area contributed by atoms with Gasteiger partial charge in [-0.25, -0.2) is 4.79 Å². The predicted octanol–water partition coefficient (Wildman–Crippen LogP) is 2.35. The Kier molecular flexibility index (Phi) is 5.12. The summed E-state index contributed by atoms with van der Waals surface area (Å²) >= 11 is 0. The van der Waals surface area contributed by atoms with Gasteiger partial charge in [0.25, 0.3) is 0 Å². The van der Waals surface area contributed by atoms with E-state index in [2.05, 4.69) is 0 Å². The van der Waals surface area contributed by atoms with Gasteiger partial charge in [0.05, 0.1) is 19.3 Å². The van der Waals surface area contributed by atoms with Gasteiger partial charge in [-0.15, -0.1) is 0 Å². The highest BCUT2D eigenvalue weighted by atomic mass is 16.6. The van der Waals surface area contributed by atoms with Gasteiger partial charge in [0.1, 0.15) is 0 Å². The molecule has 4 heteroatoms. The van der Waals surface area contributed by atoms with Crippen molar-refractivity contribution < 1.29 is 19.4 Å². The van der Waals surface area contributed by atoms with Crippen LogP contribution < -0.4 is 0 Å². The summed E-state index contributed by atoms with van der Waals surface area (Å²) in [5, 5.41) is 8.79. The van der Waals surface area contributed by atoms with E-state index in [-0.39, 0.29) is 6.10 Å². The molecule has 1 aromatic rings. The average Bonchev–Trinajstić information content (AvgIpc) is 2.89. The molecule has 4 nitrogen and oxygen atoms in total.